The average Bonchev–Trinajstić information content (AvgIpc) is 2.45. The molecule has 0 bridgehead atoms. The number of rotatable bonds is 9. The van der Waals surface area contributed by atoms with E-state index in [0.29, 0.717) is 36.3 Å². The Kier molecular flexibility index (Phi) is 7.29. The van der Waals surface area contributed by atoms with Crippen LogP contribution in [0.1, 0.15) is 39.7 Å². The number of ether oxygens (including phenoxy) is 2. The van der Waals surface area contributed by atoms with Crippen LogP contribution in [-0.4, -0.2) is 30.5 Å². The van der Waals surface area contributed by atoms with Gasteiger partial charge in [0.25, 0.3) is 0 Å². The summed E-state index contributed by atoms with van der Waals surface area (Å²) in [6, 6.07) is 3.80. The highest BCUT2D eigenvalue weighted by Gasteiger charge is 2.17. The molecular weight excluding hydrogens is 290 g/mol. The molecule has 1 rings (SSSR count). The fourth-order valence-electron chi connectivity index (χ4n) is 1.73. The number of hydrogen-bond donors (Lipinski definition) is 2. The van der Waals surface area contributed by atoms with Crippen molar-refractivity contribution in [3.05, 3.63) is 22.7 Å². The van der Waals surface area contributed by atoms with Gasteiger partial charge in [-0.1, -0.05) is 18.5 Å². The summed E-state index contributed by atoms with van der Waals surface area (Å²) in [4.78, 5) is 0. The number of hydrogen-bond acceptors (Lipinski definition) is 4. The molecule has 0 aliphatic rings. The molecule has 4 nitrogen and oxygen atoms in total. The maximum Gasteiger partial charge on any atom is 0.179 e. The van der Waals surface area contributed by atoms with Crippen molar-refractivity contribution in [1.29, 1.82) is 0 Å². The van der Waals surface area contributed by atoms with Crippen LogP contribution in [0.5, 0.6) is 11.5 Å². The first-order valence-corrected chi connectivity index (χ1v) is 7.75. The third kappa shape index (κ3) is 5.73. The lowest BCUT2D eigenvalue weighted by atomic mass is 10.1. The predicted molar refractivity (Wildman–Crippen MR) is 86.4 cm³/mol. The molecule has 21 heavy (non-hydrogen) atoms. The van der Waals surface area contributed by atoms with E-state index in [4.69, 9.17) is 21.1 Å². The third-order valence-electron chi connectivity index (χ3n) is 2.99. The van der Waals surface area contributed by atoms with Gasteiger partial charge >= 0.3 is 0 Å². The first-order valence-electron chi connectivity index (χ1n) is 7.37. The molecule has 1 aromatic carbocycles. The Labute approximate surface area is 132 Å². The number of halogens is 1. The number of benzene rings is 1. The van der Waals surface area contributed by atoms with Gasteiger partial charge in [0, 0.05) is 12.1 Å². The van der Waals surface area contributed by atoms with Gasteiger partial charge in [0.1, 0.15) is 0 Å². The summed E-state index contributed by atoms with van der Waals surface area (Å²) in [6.45, 7) is 9.68. The van der Waals surface area contributed by atoms with E-state index in [9.17, 15) is 5.11 Å². The molecule has 0 fully saturated rings. The highest BCUT2D eigenvalue weighted by molar-refractivity contribution is 6.32. The fraction of sp³-hybridized carbons (Fsp3) is 0.625. The van der Waals surface area contributed by atoms with Crippen molar-refractivity contribution in [3.8, 4) is 11.5 Å². The summed E-state index contributed by atoms with van der Waals surface area (Å²) in [6.07, 6.45) is 0.913. The van der Waals surface area contributed by atoms with E-state index < -0.39 is 0 Å². The molecule has 0 spiro atoms. The second-order valence-electron chi connectivity index (χ2n) is 5.58. The van der Waals surface area contributed by atoms with Crippen LogP contribution in [-0.2, 0) is 6.54 Å². The minimum atomic E-state index is -0.338. The van der Waals surface area contributed by atoms with Crippen LogP contribution in [0.2, 0.25) is 5.02 Å². The summed E-state index contributed by atoms with van der Waals surface area (Å²) in [5.74, 6) is 1.27. The first kappa shape index (κ1) is 18.1. The quantitative estimate of drug-likeness (QED) is 0.733. The van der Waals surface area contributed by atoms with Gasteiger partial charge < -0.3 is 19.9 Å². The highest BCUT2D eigenvalue weighted by atomic mass is 35.5. The predicted octanol–water partition coefficient (Wildman–Crippen LogP) is 3.39. The fourth-order valence-corrected chi connectivity index (χ4v) is 2.02. The van der Waals surface area contributed by atoms with E-state index in [1.807, 2.05) is 39.8 Å². The molecule has 0 radical (unpaired) electrons. The van der Waals surface area contributed by atoms with E-state index >= 15 is 0 Å². The molecule has 0 aromatic heterocycles. The first-order chi connectivity index (χ1) is 9.93. The lowest BCUT2D eigenvalue weighted by Crippen LogP contribution is -2.42. The van der Waals surface area contributed by atoms with E-state index in [0.717, 1.165) is 12.0 Å². The van der Waals surface area contributed by atoms with E-state index in [1.54, 1.807) is 0 Å². The van der Waals surface area contributed by atoms with Crippen molar-refractivity contribution in [2.75, 3.05) is 19.8 Å². The molecule has 0 aliphatic heterocycles. The van der Waals surface area contributed by atoms with Crippen LogP contribution >= 0.6 is 11.6 Å². The Morgan fingerprint density at radius 1 is 1.24 bits per heavy atom. The monoisotopic (exact) mass is 315 g/mol. The second-order valence-corrected chi connectivity index (χ2v) is 5.99. The third-order valence-corrected chi connectivity index (χ3v) is 3.27. The van der Waals surface area contributed by atoms with Gasteiger partial charge in [0.15, 0.2) is 11.5 Å². The van der Waals surface area contributed by atoms with E-state index in [1.165, 1.54) is 0 Å². The van der Waals surface area contributed by atoms with Crippen LogP contribution in [0.4, 0.5) is 0 Å². The molecule has 0 saturated heterocycles. The molecule has 0 heterocycles. The van der Waals surface area contributed by atoms with Gasteiger partial charge in [-0.2, -0.15) is 0 Å². The van der Waals surface area contributed by atoms with Gasteiger partial charge in [-0.3, -0.25) is 0 Å². The lowest BCUT2D eigenvalue weighted by molar-refractivity contribution is 0.187. The molecule has 0 amide bonds. The number of aliphatic hydroxyl groups is 1. The van der Waals surface area contributed by atoms with Gasteiger partial charge in [-0.25, -0.2) is 0 Å². The van der Waals surface area contributed by atoms with Crippen molar-refractivity contribution in [3.63, 3.8) is 0 Å². The van der Waals surface area contributed by atoms with Crippen LogP contribution in [0.25, 0.3) is 0 Å². The van der Waals surface area contributed by atoms with Crippen LogP contribution in [0.3, 0.4) is 0 Å². The number of nitrogens with one attached hydrogen (secondary N) is 1. The summed E-state index contributed by atoms with van der Waals surface area (Å²) >= 11 is 6.31. The molecule has 0 unspecified atom stereocenters. The van der Waals surface area contributed by atoms with Crippen molar-refractivity contribution >= 4 is 11.6 Å². The zero-order chi connectivity index (χ0) is 15.9. The second kappa shape index (κ2) is 8.47. The summed E-state index contributed by atoms with van der Waals surface area (Å²) in [5.41, 5.74) is 0.657. The Balaban J connectivity index is 2.92. The van der Waals surface area contributed by atoms with Crippen LogP contribution in [0, 0.1) is 0 Å². The Morgan fingerprint density at radius 2 is 1.95 bits per heavy atom. The van der Waals surface area contributed by atoms with Crippen molar-refractivity contribution in [2.24, 2.45) is 0 Å². The van der Waals surface area contributed by atoms with Crippen LogP contribution in [0.15, 0.2) is 12.1 Å². The highest BCUT2D eigenvalue weighted by Crippen LogP contribution is 2.36. The number of aliphatic hydroxyl groups excluding tert-OH is 1. The minimum absolute atomic E-state index is 0.0662. The zero-order valence-corrected chi connectivity index (χ0v) is 14.1. The van der Waals surface area contributed by atoms with Gasteiger partial charge in [0.2, 0.25) is 0 Å². The Hall–Kier alpha value is -0.970. The average molecular weight is 316 g/mol. The van der Waals surface area contributed by atoms with E-state index in [-0.39, 0.29) is 12.1 Å². The normalized spacial score (nSPS) is 11.5. The molecule has 5 heteroatoms. The standard InChI is InChI=1S/C16H26ClNO3/c1-5-7-21-15-13(17)8-12(9-14(15)20-6-2)10-18-16(3,4)11-19/h8-9,18-19H,5-7,10-11H2,1-4H3. The smallest absolute Gasteiger partial charge is 0.179 e. The molecule has 2 N–H and O–H groups in total. The van der Waals surface area contributed by atoms with Gasteiger partial charge in [0.05, 0.1) is 24.8 Å². The van der Waals surface area contributed by atoms with Crippen molar-refractivity contribution in [1.82, 2.24) is 5.32 Å². The van der Waals surface area contributed by atoms with Crippen LogP contribution < -0.4 is 14.8 Å². The Morgan fingerprint density at radius 3 is 2.52 bits per heavy atom. The largest absolute Gasteiger partial charge is 0.490 e. The zero-order valence-electron chi connectivity index (χ0n) is 13.3. The maximum atomic E-state index is 9.27. The molecule has 0 atom stereocenters. The molecule has 120 valence electrons. The van der Waals surface area contributed by atoms with Gasteiger partial charge in [-0.15, -0.1) is 0 Å². The maximum absolute atomic E-state index is 9.27. The van der Waals surface area contributed by atoms with Crippen molar-refractivity contribution < 1.29 is 14.6 Å². The molecule has 1 aromatic rings. The van der Waals surface area contributed by atoms with Gasteiger partial charge in [-0.05, 0) is 44.9 Å². The SMILES string of the molecule is CCCOc1c(Cl)cc(CNC(C)(C)CO)cc1OCC. The van der Waals surface area contributed by atoms with E-state index in [2.05, 4.69) is 5.32 Å². The summed E-state index contributed by atoms with van der Waals surface area (Å²) < 4.78 is 11.3. The van der Waals surface area contributed by atoms with Crippen molar-refractivity contribution in [2.45, 2.75) is 46.2 Å². The summed E-state index contributed by atoms with van der Waals surface area (Å²) in [7, 11) is 0. The molecular formula is C16H26ClNO3. The molecule has 0 saturated carbocycles. The molecule has 0 aliphatic carbocycles. The summed E-state index contributed by atoms with van der Waals surface area (Å²) in [5, 5.41) is 13.1. The lowest BCUT2D eigenvalue weighted by Gasteiger charge is -2.24. The Bertz CT molecular complexity index is 449. The topological polar surface area (TPSA) is 50.7 Å². The minimum Gasteiger partial charge on any atom is -0.490 e.